The zero-order chi connectivity index (χ0) is 11.6. The fourth-order valence-corrected chi connectivity index (χ4v) is 1.51. The Morgan fingerprint density at radius 1 is 1.47 bits per heavy atom. The Kier molecular flexibility index (Phi) is 3.63. The van der Waals surface area contributed by atoms with Gasteiger partial charge in [0.25, 0.3) is 0 Å². The molecule has 0 N–H and O–H groups in total. The third kappa shape index (κ3) is 2.89. The topological polar surface area (TPSA) is 26.3 Å². The van der Waals surface area contributed by atoms with Crippen molar-refractivity contribution in [3.8, 4) is 5.75 Å². The summed E-state index contributed by atoms with van der Waals surface area (Å²) >= 11 is 5.71. The van der Waals surface area contributed by atoms with Crippen molar-refractivity contribution < 1.29 is 18.3 Å². The molecule has 0 radical (unpaired) electrons. The Morgan fingerprint density at radius 2 is 2.07 bits per heavy atom. The molecule has 0 spiro atoms. The van der Waals surface area contributed by atoms with Gasteiger partial charge in [0.2, 0.25) is 0 Å². The van der Waals surface area contributed by atoms with E-state index in [-0.39, 0.29) is 17.1 Å². The quantitative estimate of drug-likeness (QED) is 0.749. The first-order chi connectivity index (χ1) is 6.91. The first-order valence-electron chi connectivity index (χ1n) is 4.17. The Morgan fingerprint density at radius 3 is 2.53 bits per heavy atom. The largest absolute Gasteiger partial charge is 0.434 e. The number of Topliss-reactive ketones (excluding diaryl/α,β-unsaturated/α-hetero) is 1. The third-order valence-corrected chi connectivity index (χ3v) is 2.04. The molecule has 0 aliphatic rings. The number of carbonyl (C=O) groups is 1. The van der Waals surface area contributed by atoms with Gasteiger partial charge in [-0.3, -0.25) is 4.79 Å². The van der Waals surface area contributed by atoms with Crippen LogP contribution in [0.25, 0.3) is 0 Å². The van der Waals surface area contributed by atoms with Gasteiger partial charge in [-0.1, -0.05) is 11.6 Å². The number of benzene rings is 1. The van der Waals surface area contributed by atoms with Crippen LogP contribution in [-0.2, 0) is 0 Å². The van der Waals surface area contributed by atoms with Crippen molar-refractivity contribution in [3.63, 3.8) is 0 Å². The number of ketones is 1. The van der Waals surface area contributed by atoms with Crippen LogP contribution in [0.3, 0.4) is 0 Å². The van der Waals surface area contributed by atoms with Crippen LogP contribution < -0.4 is 4.74 Å². The van der Waals surface area contributed by atoms with Gasteiger partial charge in [-0.25, -0.2) is 0 Å². The summed E-state index contributed by atoms with van der Waals surface area (Å²) in [7, 11) is 0. The van der Waals surface area contributed by atoms with Crippen molar-refractivity contribution in [2.75, 3.05) is 0 Å². The second kappa shape index (κ2) is 4.57. The van der Waals surface area contributed by atoms with Gasteiger partial charge in [0.05, 0.1) is 5.56 Å². The second-order valence-electron chi connectivity index (χ2n) is 3.03. The summed E-state index contributed by atoms with van der Waals surface area (Å²) in [5.74, 6) is -0.474. The molecule has 15 heavy (non-hydrogen) atoms. The van der Waals surface area contributed by atoms with E-state index in [4.69, 9.17) is 11.6 Å². The molecule has 0 fully saturated rings. The Balaban J connectivity index is 3.27. The molecule has 82 valence electrons. The maximum atomic E-state index is 12.1. The van der Waals surface area contributed by atoms with Crippen molar-refractivity contribution in [1.82, 2.24) is 0 Å². The van der Waals surface area contributed by atoms with Crippen molar-refractivity contribution >= 4 is 17.4 Å². The zero-order valence-corrected chi connectivity index (χ0v) is 8.94. The molecule has 0 aromatic heterocycles. The van der Waals surface area contributed by atoms with E-state index in [9.17, 15) is 13.6 Å². The number of hydrogen-bond acceptors (Lipinski definition) is 2. The highest BCUT2D eigenvalue weighted by Gasteiger charge is 2.16. The van der Waals surface area contributed by atoms with Gasteiger partial charge in [-0.15, -0.1) is 0 Å². The molecule has 0 saturated carbocycles. The van der Waals surface area contributed by atoms with Gasteiger partial charge >= 0.3 is 6.61 Å². The first kappa shape index (κ1) is 11.9. The van der Waals surface area contributed by atoms with E-state index >= 15 is 0 Å². The molecule has 0 heterocycles. The molecule has 0 amide bonds. The van der Waals surface area contributed by atoms with Gasteiger partial charge in [0.15, 0.2) is 5.78 Å². The number of aryl methyl sites for hydroxylation is 1. The molecule has 0 unspecified atom stereocenters. The SMILES string of the molecule is CC(=O)c1cc(Cl)cc(C)c1OC(F)F. The third-order valence-electron chi connectivity index (χ3n) is 1.83. The summed E-state index contributed by atoms with van der Waals surface area (Å²) in [5.41, 5.74) is 0.480. The van der Waals surface area contributed by atoms with E-state index < -0.39 is 6.61 Å². The molecule has 1 aromatic carbocycles. The van der Waals surface area contributed by atoms with E-state index in [0.29, 0.717) is 10.6 Å². The molecule has 0 aliphatic heterocycles. The minimum atomic E-state index is -2.96. The smallest absolute Gasteiger partial charge is 0.387 e. The lowest BCUT2D eigenvalue weighted by molar-refractivity contribution is -0.0505. The van der Waals surface area contributed by atoms with Crippen LogP contribution in [0, 0.1) is 6.92 Å². The minimum Gasteiger partial charge on any atom is -0.434 e. The molecular weight excluding hydrogens is 226 g/mol. The Bertz CT molecular complexity index is 391. The highest BCUT2D eigenvalue weighted by molar-refractivity contribution is 6.31. The monoisotopic (exact) mass is 234 g/mol. The molecule has 0 aliphatic carbocycles. The number of rotatable bonds is 3. The maximum Gasteiger partial charge on any atom is 0.387 e. The minimum absolute atomic E-state index is 0.0697. The van der Waals surface area contributed by atoms with Gasteiger partial charge in [-0.05, 0) is 31.5 Å². The van der Waals surface area contributed by atoms with E-state index in [1.165, 1.54) is 19.1 Å². The van der Waals surface area contributed by atoms with Crippen molar-refractivity contribution in [2.24, 2.45) is 0 Å². The Labute approximate surface area is 90.8 Å². The summed E-state index contributed by atoms with van der Waals surface area (Å²) in [6.45, 7) is -0.137. The number of carbonyl (C=O) groups excluding carboxylic acids is 1. The van der Waals surface area contributed by atoms with Crippen LogP contribution in [0.2, 0.25) is 5.02 Å². The van der Waals surface area contributed by atoms with Crippen molar-refractivity contribution in [2.45, 2.75) is 20.5 Å². The summed E-state index contributed by atoms with van der Waals surface area (Å²) in [4.78, 5) is 11.2. The lowest BCUT2D eigenvalue weighted by Gasteiger charge is -2.12. The van der Waals surface area contributed by atoms with Gasteiger partial charge in [0, 0.05) is 5.02 Å². The van der Waals surface area contributed by atoms with Crippen LogP contribution in [0.5, 0.6) is 5.75 Å². The van der Waals surface area contributed by atoms with E-state index in [1.807, 2.05) is 0 Å². The average Bonchev–Trinajstić information content (AvgIpc) is 2.08. The van der Waals surface area contributed by atoms with Gasteiger partial charge < -0.3 is 4.74 Å². The molecule has 0 atom stereocenters. The van der Waals surface area contributed by atoms with Crippen molar-refractivity contribution in [1.29, 1.82) is 0 Å². The lowest BCUT2D eigenvalue weighted by atomic mass is 10.1. The van der Waals surface area contributed by atoms with Crippen LogP contribution in [-0.4, -0.2) is 12.4 Å². The molecule has 2 nitrogen and oxygen atoms in total. The molecule has 0 saturated heterocycles. The predicted molar refractivity (Wildman–Crippen MR) is 52.8 cm³/mol. The average molecular weight is 235 g/mol. The summed E-state index contributed by atoms with van der Waals surface area (Å²) in [6.07, 6.45) is 0. The lowest BCUT2D eigenvalue weighted by Crippen LogP contribution is -2.08. The highest BCUT2D eigenvalue weighted by atomic mass is 35.5. The summed E-state index contributed by atoms with van der Waals surface area (Å²) < 4.78 is 28.4. The maximum absolute atomic E-state index is 12.1. The fraction of sp³-hybridized carbons (Fsp3) is 0.300. The predicted octanol–water partition coefficient (Wildman–Crippen LogP) is 3.45. The van der Waals surface area contributed by atoms with Gasteiger partial charge in [0.1, 0.15) is 5.75 Å². The zero-order valence-electron chi connectivity index (χ0n) is 8.18. The van der Waals surface area contributed by atoms with E-state index in [2.05, 4.69) is 4.74 Å². The number of halogens is 3. The normalized spacial score (nSPS) is 10.5. The number of alkyl halides is 2. The molecular formula is C10H9ClF2O2. The van der Waals surface area contributed by atoms with Crippen LogP contribution >= 0.6 is 11.6 Å². The van der Waals surface area contributed by atoms with Gasteiger partial charge in [-0.2, -0.15) is 8.78 Å². The van der Waals surface area contributed by atoms with E-state index in [1.54, 1.807) is 6.92 Å². The standard InChI is InChI=1S/C10H9ClF2O2/c1-5-3-7(11)4-8(6(2)14)9(5)15-10(12)13/h3-4,10H,1-2H3. The van der Waals surface area contributed by atoms with E-state index in [0.717, 1.165) is 0 Å². The van der Waals surface area contributed by atoms with Crippen LogP contribution in [0.1, 0.15) is 22.8 Å². The van der Waals surface area contributed by atoms with Crippen LogP contribution in [0.4, 0.5) is 8.78 Å². The number of hydrogen-bond donors (Lipinski definition) is 0. The highest BCUT2D eigenvalue weighted by Crippen LogP contribution is 2.29. The molecule has 1 aromatic rings. The van der Waals surface area contributed by atoms with Crippen LogP contribution in [0.15, 0.2) is 12.1 Å². The number of ether oxygens (including phenoxy) is 1. The first-order valence-corrected chi connectivity index (χ1v) is 4.55. The molecule has 5 heteroatoms. The molecule has 1 rings (SSSR count). The molecule has 0 bridgehead atoms. The second-order valence-corrected chi connectivity index (χ2v) is 3.47. The van der Waals surface area contributed by atoms with Crippen molar-refractivity contribution in [3.05, 3.63) is 28.3 Å². The summed E-state index contributed by atoms with van der Waals surface area (Å²) in [5, 5.41) is 0.319. The summed E-state index contributed by atoms with van der Waals surface area (Å²) in [6, 6.07) is 2.78. The fourth-order valence-electron chi connectivity index (χ4n) is 1.24. The Hall–Kier alpha value is -1.16.